The lowest BCUT2D eigenvalue weighted by Crippen LogP contribution is -2.03. The van der Waals surface area contributed by atoms with Crippen LogP contribution in [0.2, 0.25) is 0 Å². The van der Waals surface area contributed by atoms with Gasteiger partial charge < -0.3 is 4.74 Å². The monoisotopic (exact) mass is 259 g/mol. The van der Waals surface area contributed by atoms with Gasteiger partial charge in [-0.1, -0.05) is 45.5 Å². The molecule has 0 fully saturated rings. The highest BCUT2D eigenvalue weighted by Crippen LogP contribution is 2.26. The average molecular weight is 259 g/mol. The third-order valence-corrected chi connectivity index (χ3v) is 3.15. The van der Waals surface area contributed by atoms with Crippen molar-refractivity contribution in [1.82, 2.24) is 4.98 Å². The normalized spacial score (nSPS) is 12.0. The van der Waals surface area contributed by atoms with E-state index in [0.29, 0.717) is 5.92 Å². The second-order valence-corrected chi connectivity index (χ2v) is 4.72. The fourth-order valence-electron chi connectivity index (χ4n) is 2.06. The summed E-state index contributed by atoms with van der Waals surface area (Å²) in [4.78, 5) is 4.04. The van der Waals surface area contributed by atoms with Crippen molar-refractivity contribution in [3.8, 4) is 0 Å². The molecule has 0 aliphatic carbocycles. The lowest BCUT2D eigenvalue weighted by Gasteiger charge is -2.17. The van der Waals surface area contributed by atoms with Crippen LogP contribution in [0, 0.1) is 0 Å². The molecule has 0 aliphatic rings. The fourth-order valence-corrected chi connectivity index (χ4v) is 2.06. The number of hydrogen-bond donors (Lipinski definition) is 0. The number of nitrogens with zero attached hydrogens (tertiary/aromatic N) is 1. The molecule has 1 atom stereocenters. The first-order valence-corrected chi connectivity index (χ1v) is 6.25. The Labute approximate surface area is 118 Å². The third-order valence-electron chi connectivity index (χ3n) is 3.15. The van der Waals surface area contributed by atoms with Crippen LogP contribution in [0.5, 0.6) is 0 Å². The van der Waals surface area contributed by atoms with E-state index in [-0.39, 0.29) is 15.0 Å². The molecule has 19 heavy (non-hydrogen) atoms. The zero-order valence-electron chi connectivity index (χ0n) is 11.1. The molecule has 0 bridgehead atoms. The summed E-state index contributed by atoms with van der Waals surface area (Å²) in [7, 11) is 1.74. The minimum absolute atomic E-state index is 0. The Kier molecular flexibility index (Phi) is 5.71. The van der Waals surface area contributed by atoms with Gasteiger partial charge in [-0.25, -0.2) is 0 Å². The molecule has 1 unspecified atom stereocenters. The van der Waals surface area contributed by atoms with Crippen LogP contribution in [0.4, 0.5) is 0 Å². The molecule has 2 heteroatoms. The standard InChI is InChI=1S/C16H19NO.CH4.H2/c1-12(2)13-4-6-14(7-5-13)16(18-3)15-8-10-17-11-9-15;;/h4-12,16H,1-3H3;1H4;1H. The van der Waals surface area contributed by atoms with E-state index < -0.39 is 0 Å². The molecule has 2 nitrogen and oxygen atoms in total. The molecule has 0 radical (unpaired) electrons. The van der Waals surface area contributed by atoms with Crippen LogP contribution in [0.25, 0.3) is 0 Å². The van der Waals surface area contributed by atoms with Crippen molar-refractivity contribution in [1.29, 1.82) is 0 Å². The van der Waals surface area contributed by atoms with Crippen molar-refractivity contribution in [2.24, 2.45) is 0 Å². The van der Waals surface area contributed by atoms with Gasteiger partial charge in [0.2, 0.25) is 0 Å². The van der Waals surface area contributed by atoms with Crippen molar-refractivity contribution in [2.45, 2.75) is 33.3 Å². The van der Waals surface area contributed by atoms with Gasteiger partial charge in [-0.05, 0) is 34.7 Å². The van der Waals surface area contributed by atoms with Crippen molar-refractivity contribution in [3.63, 3.8) is 0 Å². The van der Waals surface area contributed by atoms with Crippen LogP contribution >= 0.6 is 0 Å². The van der Waals surface area contributed by atoms with Crippen LogP contribution in [0.1, 0.15) is 51.4 Å². The molecular formula is C17H25NO. The van der Waals surface area contributed by atoms with E-state index in [1.807, 2.05) is 12.1 Å². The quantitative estimate of drug-likeness (QED) is 0.785. The molecular weight excluding hydrogens is 234 g/mol. The van der Waals surface area contributed by atoms with Gasteiger partial charge in [-0.15, -0.1) is 0 Å². The Bertz CT molecular complexity index is 482. The molecule has 1 aromatic heterocycles. The SMILES string of the molecule is C.COC(c1ccncc1)c1ccc(C(C)C)cc1.[HH]. The third kappa shape index (κ3) is 3.65. The van der Waals surface area contributed by atoms with E-state index in [1.165, 1.54) is 11.1 Å². The molecule has 104 valence electrons. The molecule has 0 amide bonds. The van der Waals surface area contributed by atoms with Gasteiger partial charge in [-0.3, -0.25) is 4.98 Å². The maximum absolute atomic E-state index is 5.59. The molecule has 0 aliphatic heterocycles. The van der Waals surface area contributed by atoms with Gasteiger partial charge in [0, 0.05) is 20.9 Å². The summed E-state index contributed by atoms with van der Waals surface area (Å²) in [6.07, 6.45) is 3.57. The summed E-state index contributed by atoms with van der Waals surface area (Å²) in [6.45, 7) is 4.40. The number of methoxy groups -OCH3 is 1. The Morgan fingerprint density at radius 2 is 1.37 bits per heavy atom. The summed E-state index contributed by atoms with van der Waals surface area (Å²) >= 11 is 0. The fraction of sp³-hybridized carbons (Fsp3) is 0.353. The summed E-state index contributed by atoms with van der Waals surface area (Å²) in [5.74, 6) is 0.556. The summed E-state index contributed by atoms with van der Waals surface area (Å²) in [5.41, 5.74) is 3.65. The van der Waals surface area contributed by atoms with Crippen LogP contribution in [-0.2, 0) is 4.74 Å². The number of hydrogen-bond acceptors (Lipinski definition) is 2. The van der Waals surface area contributed by atoms with Crippen molar-refractivity contribution >= 4 is 0 Å². The second-order valence-electron chi connectivity index (χ2n) is 4.72. The van der Waals surface area contributed by atoms with Gasteiger partial charge in [0.25, 0.3) is 0 Å². The molecule has 2 rings (SSSR count). The number of pyridine rings is 1. The maximum atomic E-state index is 5.59. The summed E-state index contributed by atoms with van der Waals surface area (Å²) in [6, 6.07) is 12.6. The van der Waals surface area contributed by atoms with Gasteiger partial charge >= 0.3 is 0 Å². The zero-order chi connectivity index (χ0) is 13.0. The molecule has 0 spiro atoms. The van der Waals surface area contributed by atoms with E-state index in [0.717, 1.165) is 5.56 Å². The first-order valence-electron chi connectivity index (χ1n) is 6.25. The van der Waals surface area contributed by atoms with Gasteiger partial charge in [0.15, 0.2) is 0 Å². The number of aromatic nitrogens is 1. The maximum Gasteiger partial charge on any atom is 0.107 e. The van der Waals surface area contributed by atoms with E-state index >= 15 is 0 Å². The first-order chi connectivity index (χ1) is 8.72. The van der Waals surface area contributed by atoms with Crippen LogP contribution in [-0.4, -0.2) is 12.1 Å². The molecule has 1 aromatic carbocycles. The molecule has 0 N–H and O–H groups in total. The predicted octanol–water partition coefficient (Wildman–Crippen LogP) is 4.82. The predicted molar refractivity (Wildman–Crippen MR) is 82.5 cm³/mol. The highest BCUT2D eigenvalue weighted by Gasteiger charge is 2.13. The zero-order valence-corrected chi connectivity index (χ0v) is 11.1. The Balaban J connectivity index is 0.00000180. The average Bonchev–Trinajstić information content (AvgIpc) is 2.41. The number of ether oxygens (including phenoxy) is 1. The topological polar surface area (TPSA) is 22.1 Å². The van der Waals surface area contributed by atoms with Crippen LogP contribution < -0.4 is 0 Å². The molecule has 0 saturated carbocycles. The van der Waals surface area contributed by atoms with E-state index in [9.17, 15) is 0 Å². The molecule has 2 aromatic rings. The van der Waals surface area contributed by atoms with Crippen molar-refractivity contribution in [2.75, 3.05) is 7.11 Å². The van der Waals surface area contributed by atoms with Crippen molar-refractivity contribution < 1.29 is 6.16 Å². The van der Waals surface area contributed by atoms with E-state index in [2.05, 4.69) is 43.1 Å². The van der Waals surface area contributed by atoms with E-state index in [1.54, 1.807) is 19.5 Å². The van der Waals surface area contributed by atoms with Crippen LogP contribution in [0.15, 0.2) is 48.8 Å². The summed E-state index contributed by atoms with van der Waals surface area (Å²) in [5, 5.41) is 0. The number of rotatable bonds is 4. The van der Waals surface area contributed by atoms with Gasteiger partial charge in [0.1, 0.15) is 6.10 Å². The Hall–Kier alpha value is -1.67. The first kappa shape index (κ1) is 15.4. The Morgan fingerprint density at radius 3 is 1.84 bits per heavy atom. The highest BCUT2D eigenvalue weighted by atomic mass is 16.5. The highest BCUT2D eigenvalue weighted by molar-refractivity contribution is 5.32. The van der Waals surface area contributed by atoms with Crippen molar-refractivity contribution in [3.05, 3.63) is 65.5 Å². The lowest BCUT2D eigenvalue weighted by molar-refractivity contribution is 0.136. The van der Waals surface area contributed by atoms with Gasteiger partial charge in [-0.2, -0.15) is 0 Å². The minimum Gasteiger partial charge on any atom is -0.372 e. The Morgan fingerprint density at radius 1 is 0.895 bits per heavy atom. The largest absolute Gasteiger partial charge is 0.372 e. The van der Waals surface area contributed by atoms with Crippen LogP contribution in [0.3, 0.4) is 0 Å². The lowest BCUT2D eigenvalue weighted by atomic mass is 9.97. The smallest absolute Gasteiger partial charge is 0.107 e. The second kappa shape index (κ2) is 7.05. The molecule has 1 heterocycles. The number of benzene rings is 1. The minimum atomic E-state index is -0.0192. The van der Waals surface area contributed by atoms with Gasteiger partial charge in [0.05, 0.1) is 0 Å². The summed E-state index contributed by atoms with van der Waals surface area (Å²) < 4.78 is 5.59. The van der Waals surface area contributed by atoms with E-state index in [4.69, 9.17) is 4.74 Å². The molecule has 0 saturated heterocycles.